The second-order valence-electron chi connectivity index (χ2n) is 3.44. The number of nitrogens with two attached hydrogens (primary N) is 1. The van der Waals surface area contributed by atoms with E-state index in [0.717, 1.165) is 0 Å². The van der Waals surface area contributed by atoms with Gasteiger partial charge in [0, 0.05) is 6.54 Å². The van der Waals surface area contributed by atoms with Gasteiger partial charge < -0.3 is 0 Å². The quantitative estimate of drug-likeness (QED) is 0.586. The molecular weight excluding hydrogens is 184 g/mol. The molecule has 0 aliphatic carbocycles. The molecule has 0 spiro atoms. The summed E-state index contributed by atoms with van der Waals surface area (Å²) in [7, 11) is 0. The standard InChI is InChI=1S/C13H14N2/c14-15-10-11-6-8-13(9-7-11)12-4-2-1-3-5-12/h1-9,15H,10,14H2. The highest BCUT2D eigenvalue weighted by Gasteiger charge is 1.96. The number of hydrogen-bond donors (Lipinski definition) is 2. The van der Waals surface area contributed by atoms with Crippen LogP contribution in [0.1, 0.15) is 5.56 Å². The van der Waals surface area contributed by atoms with Crippen LogP contribution in [0.4, 0.5) is 0 Å². The van der Waals surface area contributed by atoms with E-state index in [1.165, 1.54) is 16.7 Å². The summed E-state index contributed by atoms with van der Waals surface area (Å²) in [6, 6.07) is 18.7. The number of rotatable bonds is 3. The highest BCUT2D eigenvalue weighted by atomic mass is 15.2. The summed E-state index contributed by atoms with van der Waals surface area (Å²) in [5.41, 5.74) is 6.31. The average Bonchev–Trinajstić information content (AvgIpc) is 2.32. The summed E-state index contributed by atoms with van der Waals surface area (Å²) < 4.78 is 0. The van der Waals surface area contributed by atoms with E-state index in [1.807, 2.05) is 18.2 Å². The Bertz CT molecular complexity index is 406. The fraction of sp³-hybridized carbons (Fsp3) is 0.0769. The lowest BCUT2D eigenvalue weighted by molar-refractivity contribution is 0.741. The van der Waals surface area contributed by atoms with E-state index in [-0.39, 0.29) is 0 Å². The van der Waals surface area contributed by atoms with E-state index < -0.39 is 0 Å². The van der Waals surface area contributed by atoms with Crippen LogP contribution in [0.3, 0.4) is 0 Å². The Labute approximate surface area is 89.7 Å². The topological polar surface area (TPSA) is 38.0 Å². The maximum absolute atomic E-state index is 5.26. The van der Waals surface area contributed by atoms with Gasteiger partial charge in [-0.05, 0) is 16.7 Å². The second kappa shape index (κ2) is 4.73. The lowest BCUT2D eigenvalue weighted by Gasteiger charge is -2.03. The molecule has 0 fully saturated rings. The average molecular weight is 198 g/mol. The van der Waals surface area contributed by atoms with Gasteiger partial charge in [-0.2, -0.15) is 0 Å². The van der Waals surface area contributed by atoms with Gasteiger partial charge >= 0.3 is 0 Å². The minimum Gasteiger partial charge on any atom is -0.271 e. The van der Waals surface area contributed by atoms with E-state index >= 15 is 0 Å². The van der Waals surface area contributed by atoms with Gasteiger partial charge in [-0.3, -0.25) is 11.3 Å². The van der Waals surface area contributed by atoms with Crippen molar-refractivity contribution >= 4 is 0 Å². The molecule has 3 N–H and O–H groups in total. The van der Waals surface area contributed by atoms with Gasteiger partial charge in [0.05, 0.1) is 0 Å². The lowest BCUT2D eigenvalue weighted by Crippen LogP contribution is -2.20. The summed E-state index contributed by atoms with van der Waals surface area (Å²) in [6.07, 6.45) is 0. The highest BCUT2D eigenvalue weighted by Crippen LogP contribution is 2.18. The first-order valence-corrected chi connectivity index (χ1v) is 4.98. The van der Waals surface area contributed by atoms with Crippen LogP contribution < -0.4 is 11.3 Å². The Kier molecular flexibility index (Phi) is 3.12. The van der Waals surface area contributed by atoms with Gasteiger partial charge in [0.15, 0.2) is 0 Å². The van der Waals surface area contributed by atoms with Crippen LogP contribution in [-0.4, -0.2) is 0 Å². The second-order valence-corrected chi connectivity index (χ2v) is 3.44. The van der Waals surface area contributed by atoms with Crippen molar-refractivity contribution in [3.05, 3.63) is 60.2 Å². The Balaban J connectivity index is 2.24. The van der Waals surface area contributed by atoms with Crippen molar-refractivity contribution in [1.29, 1.82) is 0 Å². The number of hydrogen-bond acceptors (Lipinski definition) is 2. The summed E-state index contributed by atoms with van der Waals surface area (Å²) in [4.78, 5) is 0. The van der Waals surface area contributed by atoms with Crippen LogP contribution in [0.25, 0.3) is 11.1 Å². The molecule has 2 nitrogen and oxygen atoms in total. The van der Waals surface area contributed by atoms with Gasteiger partial charge in [-0.25, -0.2) is 0 Å². The Hall–Kier alpha value is -1.64. The summed E-state index contributed by atoms with van der Waals surface area (Å²) in [6.45, 7) is 0.703. The van der Waals surface area contributed by atoms with Crippen LogP contribution in [0.15, 0.2) is 54.6 Å². The molecule has 2 heteroatoms. The predicted molar refractivity (Wildman–Crippen MR) is 62.9 cm³/mol. The van der Waals surface area contributed by atoms with E-state index in [4.69, 9.17) is 5.84 Å². The summed E-state index contributed by atoms with van der Waals surface area (Å²) in [5, 5.41) is 0. The molecule has 0 atom stereocenters. The van der Waals surface area contributed by atoms with Gasteiger partial charge in [0.1, 0.15) is 0 Å². The van der Waals surface area contributed by atoms with Gasteiger partial charge in [0.25, 0.3) is 0 Å². The third-order valence-electron chi connectivity index (χ3n) is 2.37. The fourth-order valence-corrected chi connectivity index (χ4v) is 1.56. The predicted octanol–water partition coefficient (Wildman–Crippen LogP) is 2.32. The van der Waals surface area contributed by atoms with Crippen LogP contribution in [0.5, 0.6) is 0 Å². The molecule has 15 heavy (non-hydrogen) atoms. The normalized spacial score (nSPS) is 10.2. The Morgan fingerprint density at radius 3 is 2.00 bits per heavy atom. The van der Waals surface area contributed by atoms with E-state index in [0.29, 0.717) is 6.54 Å². The summed E-state index contributed by atoms with van der Waals surface area (Å²) in [5.74, 6) is 5.26. The first-order chi connectivity index (χ1) is 7.40. The third-order valence-corrected chi connectivity index (χ3v) is 2.37. The zero-order chi connectivity index (χ0) is 10.5. The highest BCUT2D eigenvalue weighted by molar-refractivity contribution is 5.63. The number of hydrazine groups is 1. The molecule has 0 saturated carbocycles. The zero-order valence-electron chi connectivity index (χ0n) is 8.48. The van der Waals surface area contributed by atoms with Crippen LogP contribution in [0.2, 0.25) is 0 Å². The van der Waals surface area contributed by atoms with Gasteiger partial charge in [-0.15, -0.1) is 0 Å². The molecule has 0 aliphatic rings. The SMILES string of the molecule is NNCc1ccc(-c2ccccc2)cc1. The molecule has 2 aromatic rings. The van der Waals surface area contributed by atoms with E-state index in [9.17, 15) is 0 Å². The molecule has 0 aliphatic heterocycles. The molecule has 76 valence electrons. The molecular formula is C13H14N2. The molecule has 0 bridgehead atoms. The molecule has 2 aromatic carbocycles. The van der Waals surface area contributed by atoms with Crippen molar-refractivity contribution in [2.45, 2.75) is 6.54 Å². The van der Waals surface area contributed by atoms with Crippen LogP contribution >= 0.6 is 0 Å². The fourth-order valence-electron chi connectivity index (χ4n) is 1.56. The molecule has 0 heterocycles. The van der Waals surface area contributed by atoms with Crippen molar-refractivity contribution in [2.75, 3.05) is 0 Å². The van der Waals surface area contributed by atoms with Crippen molar-refractivity contribution in [3.8, 4) is 11.1 Å². The molecule has 0 aromatic heterocycles. The maximum atomic E-state index is 5.26. The third kappa shape index (κ3) is 2.43. The minimum absolute atomic E-state index is 0.703. The minimum atomic E-state index is 0.703. The Morgan fingerprint density at radius 1 is 0.800 bits per heavy atom. The van der Waals surface area contributed by atoms with Crippen molar-refractivity contribution < 1.29 is 0 Å². The molecule has 0 radical (unpaired) electrons. The van der Waals surface area contributed by atoms with Crippen LogP contribution in [0, 0.1) is 0 Å². The number of benzene rings is 2. The largest absolute Gasteiger partial charge is 0.271 e. The van der Waals surface area contributed by atoms with Crippen LogP contribution in [-0.2, 0) is 6.54 Å². The monoisotopic (exact) mass is 198 g/mol. The Morgan fingerprint density at radius 2 is 1.40 bits per heavy atom. The van der Waals surface area contributed by atoms with E-state index in [2.05, 4.69) is 41.8 Å². The van der Waals surface area contributed by atoms with Crippen molar-refractivity contribution in [1.82, 2.24) is 5.43 Å². The molecule has 2 rings (SSSR count). The van der Waals surface area contributed by atoms with Gasteiger partial charge in [-0.1, -0.05) is 54.6 Å². The molecule has 0 saturated heterocycles. The first kappa shape index (κ1) is 9.90. The number of nitrogens with one attached hydrogen (secondary N) is 1. The molecule has 0 amide bonds. The van der Waals surface area contributed by atoms with Gasteiger partial charge in [0.2, 0.25) is 0 Å². The first-order valence-electron chi connectivity index (χ1n) is 4.98. The van der Waals surface area contributed by atoms with Crippen molar-refractivity contribution in [3.63, 3.8) is 0 Å². The lowest BCUT2D eigenvalue weighted by atomic mass is 10.0. The summed E-state index contributed by atoms with van der Waals surface area (Å²) >= 11 is 0. The maximum Gasteiger partial charge on any atom is 0.0348 e. The zero-order valence-corrected chi connectivity index (χ0v) is 8.48. The van der Waals surface area contributed by atoms with E-state index in [1.54, 1.807) is 0 Å². The smallest absolute Gasteiger partial charge is 0.0348 e. The molecule has 0 unspecified atom stereocenters. The van der Waals surface area contributed by atoms with Crippen molar-refractivity contribution in [2.24, 2.45) is 5.84 Å².